The number of carbonyl (C=O) groups excluding carboxylic acids is 1. The molecule has 0 spiro atoms. The molecule has 8 heteroatoms. The van der Waals surface area contributed by atoms with Crippen LogP contribution in [0, 0.1) is 0 Å². The van der Waals surface area contributed by atoms with E-state index in [4.69, 9.17) is 32.5 Å². The maximum atomic E-state index is 12.9. The van der Waals surface area contributed by atoms with E-state index < -0.39 is 18.3 Å². The van der Waals surface area contributed by atoms with E-state index in [1.807, 2.05) is 45.9 Å². The molecule has 1 fully saturated rings. The molecule has 4 rings (SSSR count). The van der Waals surface area contributed by atoms with Crippen molar-refractivity contribution in [2.75, 3.05) is 11.4 Å². The quantitative estimate of drug-likeness (QED) is 0.546. The second kappa shape index (κ2) is 7.27. The SMILES string of the molecule is CC1(C)OB(c2cc(Cl)c3c(c2)CCN3C(=O)Cc2cccnc2Cl)OC1(C)C. The number of hydrogen-bond donors (Lipinski definition) is 0. The fourth-order valence-electron chi connectivity index (χ4n) is 3.69. The van der Waals surface area contributed by atoms with Gasteiger partial charge in [-0.2, -0.15) is 0 Å². The highest BCUT2D eigenvalue weighted by molar-refractivity contribution is 6.62. The van der Waals surface area contributed by atoms with Crippen LogP contribution in [-0.2, 0) is 26.9 Å². The van der Waals surface area contributed by atoms with Crippen LogP contribution in [0.15, 0.2) is 30.5 Å². The molecule has 1 amide bonds. The van der Waals surface area contributed by atoms with Gasteiger partial charge in [0.2, 0.25) is 5.91 Å². The molecule has 1 saturated heterocycles. The van der Waals surface area contributed by atoms with Crippen LogP contribution in [0.1, 0.15) is 38.8 Å². The van der Waals surface area contributed by atoms with E-state index in [0.717, 1.165) is 23.1 Å². The van der Waals surface area contributed by atoms with Gasteiger partial charge in [-0.1, -0.05) is 35.3 Å². The van der Waals surface area contributed by atoms with Gasteiger partial charge in [-0.3, -0.25) is 4.79 Å². The zero-order valence-electron chi connectivity index (χ0n) is 17.0. The average molecular weight is 433 g/mol. The van der Waals surface area contributed by atoms with Crippen molar-refractivity contribution < 1.29 is 14.1 Å². The Kier molecular flexibility index (Phi) is 5.18. The first-order chi connectivity index (χ1) is 13.6. The summed E-state index contributed by atoms with van der Waals surface area (Å²) in [6, 6.07) is 7.46. The van der Waals surface area contributed by atoms with Crippen LogP contribution >= 0.6 is 23.2 Å². The number of fused-ring (bicyclic) bond motifs is 1. The summed E-state index contributed by atoms with van der Waals surface area (Å²) in [5, 5.41) is 0.873. The van der Waals surface area contributed by atoms with Gasteiger partial charge in [0.05, 0.1) is 28.3 Å². The minimum absolute atomic E-state index is 0.0519. The zero-order valence-corrected chi connectivity index (χ0v) is 18.5. The van der Waals surface area contributed by atoms with Crippen LogP contribution < -0.4 is 10.4 Å². The van der Waals surface area contributed by atoms with Gasteiger partial charge in [-0.25, -0.2) is 4.98 Å². The molecule has 0 aliphatic carbocycles. The third kappa shape index (κ3) is 3.68. The third-order valence-corrected chi connectivity index (χ3v) is 6.67. The lowest BCUT2D eigenvalue weighted by molar-refractivity contribution is -0.117. The number of amides is 1. The molecular formula is C21H23BCl2N2O3. The molecule has 0 radical (unpaired) electrons. The van der Waals surface area contributed by atoms with E-state index in [2.05, 4.69) is 4.98 Å². The Hall–Kier alpha value is -1.60. The van der Waals surface area contributed by atoms with Gasteiger partial charge in [0, 0.05) is 12.7 Å². The minimum Gasteiger partial charge on any atom is -0.399 e. The standard InChI is InChI=1S/C21H23BCl2N2O3/c1-20(2)21(3,4)29-22(28-20)15-10-13-7-9-26(18(13)16(23)12-15)17(27)11-14-6-5-8-25-19(14)24/h5-6,8,10,12H,7,9,11H2,1-4H3. The summed E-state index contributed by atoms with van der Waals surface area (Å²) in [6.07, 6.45) is 2.52. The molecule has 0 N–H and O–H groups in total. The molecule has 3 heterocycles. The first-order valence-electron chi connectivity index (χ1n) is 9.67. The maximum absolute atomic E-state index is 12.9. The van der Waals surface area contributed by atoms with Crippen LogP contribution in [-0.4, -0.2) is 35.8 Å². The molecule has 0 bridgehead atoms. The van der Waals surface area contributed by atoms with Crippen molar-refractivity contribution in [1.82, 2.24) is 4.98 Å². The Morgan fingerprint density at radius 1 is 1.21 bits per heavy atom. The predicted molar refractivity (Wildman–Crippen MR) is 116 cm³/mol. The van der Waals surface area contributed by atoms with E-state index in [9.17, 15) is 4.79 Å². The molecule has 5 nitrogen and oxygen atoms in total. The third-order valence-electron chi connectivity index (χ3n) is 6.04. The lowest BCUT2D eigenvalue weighted by Gasteiger charge is -2.32. The van der Waals surface area contributed by atoms with Gasteiger partial charge in [-0.15, -0.1) is 0 Å². The maximum Gasteiger partial charge on any atom is 0.494 e. The van der Waals surface area contributed by atoms with Crippen LogP contribution in [0.5, 0.6) is 0 Å². The smallest absolute Gasteiger partial charge is 0.399 e. The van der Waals surface area contributed by atoms with Crippen molar-refractivity contribution in [1.29, 1.82) is 0 Å². The number of benzene rings is 1. The lowest BCUT2D eigenvalue weighted by Crippen LogP contribution is -2.41. The predicted octanol–water partition coefficient (Wildman–Crippen LogP) is 3.82. The molecule has 1 aromatic carbocycles. The van der Waals surface area contributed by atoms with Crippen LogP contribution in [0.25, 0.3) is 0 Å². The van der Waals surface area contributed by atoms with Crippen LogP contribution in [0.3, 0.4) is 0 Å². The van der Waals surface area contributed by atoms with E-state index in [1.165, 1.54) is 0 Å². The largest absolute Gasteiger partial charge is 0.494 e. The molecule has 2 aromatic rings. The summed E-state index contributed by atoms with van der Waals surface area (Å²) in [7, 11) is -0.484. The van der Waals surface area contributed by atoms with Gasteiger partial charge >= 0.3 is 7.12 Å². The summed E-state index contributed by atoms with van der Waals surface area (Å²) in [6.45, 7) is 8.66. The molecule has 2 aliphatic rings. The number of hydrogen-bond acceptors (Lipinski definition) is 4. The van der Waals surface area contributed by atoms with E-state index in [0.29, 0.717) is 22.3 Å². The lowest BCUT2D eigenvalue weighted by atomic mass is 9.78. The second-order valence-corrected chi connectivity index (χ2v) is 9.29. The first kappa shape index (κ1) is 20.7. The number of rotatable bonds is 3. The molecule has 2 aliphatic heterocycles. The van der Waals surface area contributed by atoms with Gasteiger partial charge in [0.1, 0.15) is 5.15 Å². The highest BCUT2D eigenvalue weighted by Crippen LogP contribution is 2.39. The fraction of sp³-hybridized carbons (Fsp3) is 0.429. The summed E-state index contributed by atoms with van der Waals surface area (Å²) < 4.78 is 12.3. The molecular weight excluding hydrogens is 410 g/mol. The number of carbonyl (C=O) groups is 1. The number of pyridine rings is 1. The van der Waals surface area contributed by atoms with Crippen molar-refractivity contribution in [2.45, 2.75) is 51.7 Å². The topological polar surface area (TPSA) is 51.7 Å². The average Bonchev–Trinajstić information content (AvgIpc) is 3.15. The van der Waals surface area contributed by atoms with Crippen LogP contribution in [0.2, 0.25) is 10.2 Å². The monoisotopic (exact) mass is 432 g/mol. The molecule has 29 heavy (non-hydrogen) atoms. The van der Waals surface area contributed by atoms with Gasteiger partial charge in [0.25, 0.3) is 0 Å². The van der Waals surface area contributed by atoms with Gasteiger partial charge in [-0.05, 0) is 62.8 Å². The molecule has 0 atom stereocenters. The van der Waals surface area contributed by atoms with E-state index in [-0.39, 0.29) is 12.3 Å². The molecule has 0 unspecified atom stereocenters. The number of halogens is 2. The summed E-state index contributed by atoms with van der Waals surface area (Å²) in [4.78, 5) is 18.7. The fourth-order valence-corrected chi connectivity index (χ4v) is 4.23. The summed E-state index contributed by atoms with van der Waals surface area (Å²) in [5.74, 6) is -0.0519. The van der Waals surface area contributed by atoms with Crippen LogP contribution in [0.4, 0.5) is 5.69 Å². The van der Waals surface area contributed by atoms with E-state index >= 15 is 0 Å². The van der Waals surface area contributed by atoms with Crippen molar-refractivity contribution in [3.05, 3.63) is 51.8 Å². The van der Waals surface area contributed by atoms with E-state index in [1.54, 1.807) is 17.2 Å². The molecule has 152 valence electrons. The normalized spacial score (nSPS) is 19.5. The number of aromatic nitrogens is 1. The second-order valence-electron chi connectivity index (χ2n) is 8.52. The summed E-state index contributed by atoms with van der Waals surface area (Å²) in [5.41, 5.74) is 2.52. The van der Waals surface area contributed by atoms with Gasteiger partial charge < -0.3 is 14.2 Å². The Labute approximate surface area is 181 Å². The minimum atomic E-state index is -0.484. The highest BCUT2D eigenvalue weighted by atomic mass is 35.5. The van der Waals surface area contributed by atoms with Crippen molar-refractivity contribution in [3.63, 3.8) is 0 Å². The molecule has 1 aromatic heterocycles. The number of nitrogens with zero attached hydrogens (tertiary/aromatic N) is 2. The highest BCUT2D eigenvalue weighted by Gasteiger charge is 2.52. The van der Waals surface area contributed by atoms with Crippen molar-refractivity contribution in [2.24, 2.45) is 0 Å². The summed E-state index contributed by atoms with van der Waals surface area (Å²) >= 11 is 12.7. The Balaban J connectivity index is 1.59. The zero-order chi connectivity index (χ0) is 21.0. The number of anilines is 1. The molecule has 0 saturated carbocycles. The Bertz CT molecular complexity index is 964. The first-order valence-corrected chi connectivity index (χ1v) is 10.4. The van der Waals surface area contributed by atoms with Crippen molar-refractivity contribution >= 4 is 47.4 Å². The Morgan fingerprint density at radius 2 is 1.90 bits per heavy atom. The Morgan fingerprint density at radius 3 is 2.55 bits per heavy atom. The van der Waals surface area contributed by atoms with Crippen molar-refractivity contribution in [3.8, 4) is 0 Å². The van der Waals surface area contributed by atoms with Gasteiger partial charge in [0.15, 0.2) is 0 Å².